The topological polar surface area (TPSA) is 105 Å². The van der Waals surface area contributed by atoms with E-state index in [1.807, 2.05) is 57.2 Å². The van der Waals surface area contributed by atoms with Crippen LogP contribution in [0.4, 0.5) is 4.79 Å². The summed E-state index contributed by atoms with van der Waals surface area (Å²) in [6, 6.07) is 15.1. The SMILES string of the molecule is COCC(NC(=O)OCC1c2ccccc2-c2ccccc21)C(=O)N(CCC(=O)O)C(C)(C)C. The Morgan fingerprint density at radius 1 is 1.03 bits per heavy atom. The number of hydrogen-bond donors (Lipinski definition) is 2. The van der Waals surface area contributed by atoms with Crippen molar-refractivity contribution in [2.75, 3.05) is 26.9 Å². The number of nitrogens with one attached hydrogen (secondary N) is 1. The number of nitrogens with zero attached hydrogens (tertiary/aromatic N) is 1. The summed E-state index contributed by atoms with van der Waals surface area (Å²) >= 11 is 0. The zero-order valence-electron chi connectivity index (χ0n) is 20.0. The minimum atomic E-state index is -1.01. The van der Waals surface area contributed by atoms with Crippen molar-refractivity contribution in [3.05, 3.63) is 59.7 Å². The number of carboxylic acid groups (broad SMARTS) is 1. The quantitative estimate of drug-likeness (QED) is 0.582. The Kier molecular flexibility index (Phi) is 7.94. The van der Waals surface area contributed by atoms with E-state index in [0.29, 0.717) is 0 Å². The summed E-state index contributed by atoms with van der Waals surface area (Å²) < 4.78 is 10.7. The highest BCUT2D eigenvalue weighted by atomic mass is 16.5. The first-order valence-corrected chi connectivity index (χ1v) is 11.3. The predicted octanol–water partition coefficient (Wildman–Crippen LogP) is 3.64. The van der Waals surface area contributed by atoms with Gasteiger partial charge in [-0.2, -0.15) is 0 Å². The molecule has 3 rings (SSSR count). The van der Waals surface area contributed by atoms with Crippen LogP contribution in [0, 0.1) is 0 Å². The van der Waals surface area contributed by atoms with Gasteiger partial charge in [-0.3, -0.25) is 9.59 Å². The molecule has 0 aliphatic heterocycles. The molecule has 8 nitrogen and oxygen atoms in total. The average molecular weight is 469 g/mol. The predicted molar refractivity (Wildman–Crippen MR) is 128 cm³/mol. The lowest BCUT2D eigenvalue weighted by Crippen LogP contribution is -2.56. The van der Waals surface area contributed by atoms with Crippen molar-refractivity contribution in [2.24, 2.45) is 0 Å². The summed E-state index contributed by atoms with van der Waals surface area (Å²) in [6.07, 6.45) is -0.933. The van der Waals surface area contributed by atoms with Crippen LogP contribution in [0.15, 0.2) is 48.5 Å². The van der Waals surface area contributed by atoms with Crippen LogP contribution in [-0.2, 0) is 19.1 Å². The summed E-state index contributed by atoms with van der Waals surface area (Å²) in [5, 5.41) is 11.7. The van der Waals surface area contributed by atoms with Crippen LogP contribution < -0.4 is 5.32 Å². The number of carbonyl (C=O) groups excluding carboxylic acids is 2. The molecule has 0 bridgehead atoms. The van der Waals surface area contributed by atoms with Crippen molar-refractivity contribution < 1.29 is 29.0 Å². The summed E-state index contributed by atoms with van der Waals surface area (Å²) in [7, 11) is 1.43. The number of fused-ring (bicyclic) bond motifs is 3. The number of rotatable bonds is 9. The zero-order chi connectivity index (χ0) is 24.9. The maximum Gasteiger partial charge on any atom is 0.407 e. The van der Waals surface area contributed by atoms with Crippen LogP contribution in [-0.4, -0.2) is 66.4 Å². The van der Waals surface area contributed by atoms with E-state index in [9.17, 15) is 14.4 Å². The van der Waals surface area contributed by atoms with Gasteiger partial charge in [0.15, 0.2) is 0 Å². The van der Waals surface area contributed by atoms with Crippen LogP contribution in [0.2, 0.25) is 0 Å². The fraction of sp³-hybridized carbons (Fsp3) is 0.423. The fourth-order valence-corrected chi connectivity index (χ4v) is 4.30. The number of hydrogen-bond acceptors (Lipinski definition) is 5. The molecule has 1 atom stereocenters. The third-order valence-corrected chi connectivity index (χ3v) is 5.89. The van der Waals surface area contributed by atoms with Gasteiger partial charge >= 0.3 is 12.1 Å². The van der Waals surface area contributed by atoms with Gasteiger partial charge in [-0.05, 0) is 43.0 Å². The minimum absolute atomic E-state index is 0.0181. The molecule has 0 fully saturated rings. The van der Waals surface area contributed by atoms with E-state index in [0.717, 1.165) is 22.3 Å². The molecule has 0 spiro atoms. The van der Waals surface area contributed by atoms with E-state index >= 15 is 0 Å². The van der Waals surface area contributed by atoms with E-state index in [1.54, 1.807) is 0 Å². The minimum Gasteiger partial charge on any atom is -0.481 e. The summed E-state index contributed by atoms with van der Waals surface area (Å²) in [4.78, 5) is 38.4. The highest BCUT2D eigenvalue weighted by Gasteiger charge is 2.34. The molecule has 0 aromatic heterocycles. The third kappa shape index (κ3) is 5.75. The smallest absolute Gasteiger partial charge is 0.407 e. The maximum atomic E-state index is 13.2. The van der Waals surface area contributed by atoms with Gasteiger partial charge in [-0.1, -0.05) is 48.5 Å². The highest BCUT2D eigenvalue weighted by Crippen LogP contribution is 2.44. The van der Waals surface area contributed by atoms with Crippen molar-refractivity contribution in [1.29, 1.82) is 0 Å². The van der Waals surface area contributed by atoms with Crippen molar-refractivity contribution in [1.82, 2.24) is 10.2 Å². The van der Waals surface area contributed by atoms with Crippen molar-refractivity contribution in [3.63, 3.8) is 0 Å². The molecule has 1 aliphatic rings. The Balaban J connectivity index is 1.69. The summed E-state index contributed by atoms with van der Waals surface area (Å²) in [5.74, 6) is -1.53. The van der Waals surface area contributed by atoms with E-state index < -0.39 is 29.6 Å². The lowest BCUT2D eigenvalue weighted by atomic mass is 9.98. The Labute approximate surface area is 199 Å². The number of ether oxygens (including phenoxy) is 2. The monoisotopic (exact) mass is 468 g/mol. The third-order valence-electron chi connectivity index (χ3n) is 5.89. The normalized spacial score (nSPS) is 13.5. The van der Waals surface area contributed by atoms with E-state index in [4.69, 9.17) is 14.6 Å². The molecule has 1 unspecified atom stereocenters. The number of methoxy groups -OCH3 is 1. The molecule has 2 amide bonds. The second kappa shape index (κ2) is 10.7. The molecule has 0 radical (unpaired) electrons. The number of alkyl carbamates (subject to hydrolysis) is 1. The molecule has 2 N–H and O–H groups in total. The van der Waals surface area contributed by atoms with Gasteiger partial charge in [0.2, 0.25) is 5.91 Å². The highest BCUT2D eigenvalue weighted by molar-refractivity contribution is 5.87. The van der Waals surface area contributed by atoms with E-state index in [2.05, 4.69) is 17.4 Å². The summed E-state index contributed by atoms with van der Waals surface area (Å²) in [5.41, 5.74) is 3.79. The lowest BCUT2D eigenvalue weighted by molar-refractivity contribution is -0.142. The van der Waals surface area contributed by atoms with Crippen LogP contribution in [0.5, 0.6) is 0 Å². The Morgan fingerprint density at radius 2 is 1.59 bits per heavy atom. The van der Waals surface area contributed by atoms with Crippen LogP contribution in [0.3, 0.4) is 0 Å². The Hall–Kier alpha value is -3.39. The van der Waals surface area contributed by atoms with E-state index in [-0.39, 0.29) is 32.1 Å². The second-order valence-electron chi connectivity index (χ2n) is 9.28. The van der Waals surface area contributed by atoms with Gasteiger partial charge in [0.1, 0.15) is 12.6 Å². The lowest BCUT2D eigenvalue weighted by Gasteiger charge is -2.37. The van der Waals surface area contributed by atoms with Crippen molar-refractivity contribution >= 4 is 18.0 Å². The molecular weight excluding hydrogens is 436 g/mol. The molecule has 0 saturated carbocycles. The molecule has 1 aliphatic carbocycles. The molecule has 182 valence electrons. The first-order valence-electron chi connectivity index (χ1n) is 11.3. The van der Waals surface area contributed by atoms with Crippen molar-refractivity contribution in [3.8, 4) is 11.1 Å². The van der Waals surface area contributed by atoms with Crippen LogP contribution >= 0.6 is 0 Å². The molecule has 0 saturated heterocycles. The molecule has 34 heavy (non-hydrogen) atoms. The van der Waals surface area contributed by atoms with Gasteiger partial charge in [0, 0.05) is 25.1 Å². The number of benzene rings is 2. The number of carbonyl (C=O) groups is 3. The largest absolute Gasteiger partial charge is 0.481 e. The maximum absolute atomic E-state index is 13.2. The zero-order valence-corrected chi connectivity index (χ0v) is 20.0. The molecule has 0 heterocycles. The van der Waals surface area contributed by atoms with Gasteiger partial charge in [-0.15, -0.1) is 0 Å². The molecule has 2 aromatic carbocycles. The van der Waals surface area contributed by atoms with Crippen LogP contribution in [0.25, 0.3) is 11.1 Å². The van der Waals surface area contributed by atoms with E-state index in [1.165, 1.54) is 12.0 Å². The second-order valence-corrected chi connectivity index (χ2v) is 9.28. The molecule has 2 aromatic rings. The van der Waals surface area contributed by atoms with Gasteiger partial charge in [0.25, 0.3) is 0 Å². The standard InChI is InChI=1S/C26H32N2O6/c1-26(2,3)28(14-13-23(29)30)24(31)22(16-33-4)27-25(32)34-15-21-19-11-7-5-9-17(19)18-10-6-8-12-20(18)21/h5-12,21-22H,13-16H2,1-4H3,(H,27,32)(H,29,30). The van der Waals surface area contributed by atoms with Crippen LogP contribution in [0.1, 0.15) is 44.2 Å². The van der Waals surface area contributed by atoms with Crippen molar-refractivity contribution in [2.45, 2.75) is 44.7 Å². The Morgan fingerprint density at radius 3 is 2.09 bits per heavy atom. The summed E-state index contributed by atoms with van der Waals surface area (Å²) in [6.45, 7) is 5.50. The molecule has 8 heteroatoms. The number of carboxylic acids is 1. The first kappa shape index (κ1) is 25.2. The fourth-order valence-electron chi connectivity index (χ4n) is 4.30. The average Bonchev–Trinajstić information content (AvgIpc) is 3.10. The van der Waals surface area contributed by atoms with Gasteiger partial charge in [0.05, 0.1) is 13.0 Å². The Bertz CT molecular complexity index is 1000. The van der Waals surface area contributed by atoms with Gasteiger partial charge in [-0.25, -0.2) is 4.79 Å². The number of amides is 2. The first-order chi connectivity index (χ1) is 16.1. The van der Waals surface area contributed by atoms with Gasteiger partial charge < -0.3 is 24.8 Å². The number of aliphatic carboxylic acids is 1. The molecular formula is C26H32N2O6.